The number of nitrogens with one attached hydrogen (secondary N) is 1. The van der Waals surface area contributed by atoms with Crippen LogP contribution >= 0.6 is 27.3 Å². The predicted octanol–water partition coefficient (Wildman–Crippen LogP) is 2.40. The Hall–Kier alpha value is -0.390. The lowest BCUT2D eigenvalue weighted by Crippen LogP contribution is -2.61. The number of amides is 1. The molecule has 1 aromatic rings. The van der Waals surface area contributed by atoms with Gasteiger partial charge in [0, 0.05) is 15.9 Å². The summed E-state index contributed by atoms with van der Waals surface area (Å²) in [7, 11) is 0. The number of carbonyl (C=O) groups is 1. The van der Waals surface area contributed by atoms with Gasteiger partial charge in [-0.3, -0.25) is 4.79 Å². The first-order valence-electron chi connectivity index (χ1n) is 5.15. The molecular formula is C11H14BrNO2S. The van der Waals surface area contributed by atoms with E-state index >= 15 is 0 Å². The van der Waals surface area contributed by atoms with Crippen LogP contribution in [-0.4, -0.2) is 23.2 Å². The van der Waals surface area contributed by atoms with Crippen molar-refractivity contribution in [2.75, 3.05) is 0 Å². The van der Waals surface area contributed by atoms with E-state index in [1.54, 1.807) is 0 Å². The first kappa shape index (κ1) is 12.1. The van der Waals surface area contributed by atoms with E-state index in [1.807, 2.05) is 25.3 Å². The molecule has 0 spiro atoms. The number of rotatable bonds is 2. The highest BCUT2D eigenvalue weighted by atomic mass is 79.9. The quantitative estimate of drug-likeness (QED) is 0.881. The molecule has 1 aliphatic carbocycles. The van der Waals surface area contributed by atoms with Crippen molar-refractivity contribution in [3.8, 4) is 0 Å². The molecule has 0 bridgehead atoms. The summed E-state index contributed by atoms with van der Waals surface area (Å²) >= 11 is 4.75. The maximum Gasteiger partial charge on any atom is 0.262 e. The van der Waals surface area contributed by atoms with E-state index in [1.165, 1.54) is 11.3 Å². The summed E-state index contributed by atoms with van der Waals surface area (Å²) in [5.74, 6) is -0.0631. The highest BCUT2D eigenvalue weighted by Crippen LogP contribution is 2.40. The van der Waals surface area contributed by atoms with Gasteiger partial charge in [-0.05, 0) is 33.8 Å². The number of thiophene rings is 1. The van der Waals surface area contributed by atoms with Crippen LogP contribution in [-0.2, 0) is 0 Å². The second-order valence-electron chi connectivity index (χ2n) is 4.70. The monoisotopic (exact) mass is 303 g/mol. The fraction of sp³-hybridized carbons (Fsp3) is 0.545. The Kier molecular flexibility index (Phi) is 3.11. The third kappa shape index (κ3) is 1.92. The fourth-order valence-electron chi connectivity index (χ4n) is 1.83. The van der Waals surface area contributed by atoms with Gasteiger partial charge in [0.2, 0.25) is 0 Å². The largest absolute Gasteiger partial charge is 0.392 e. The van der Waals surface area contributed by atoms with Gasteiger partial charge in [-0.15, -0.1) is 11.3 Å². The topological polar surface area (TPSA) is 49.3 Å². The zero-order valence-electron chi connectivity index (χ0n) is 9.16. The molecule has 88 valence electrons. The van der Waals surface area contributed by atoms with E-state index in [9.17, 15) is 9.90 Å². The van der Waals surface area contributed by atoms with Gasteiger partial charge < -0.3 is 10.4 Å². The average Bonchev–Trinajstić information content (AvgIpc) is 2.64. The number of aliphatic hydroxyl groups excluding tert-OH is 1. The fourth-order valence-corrected chi connectivity index (χ4v) is 3.28. The maximum atomic E-state index is 11.9. The van der Waals surface area contributed by atoms with Crippen molar-refractivity contribution in [1.29, 1.82) is 0 Å². The highest BCUT2D eigenvalue weighted by molar-refractivity contribution is 9.10. The third-order valence-electron chi connectivity index (χ3n) is 3.34. The van der Waals surface area contributed by atoms with Gasteiger partial charge >= 0.3 is 0 Å². The Morgan fingerprint density at radius 3 is 2.81 bits per heavy atom. The lowest BCUT2D eigenvalue weighted by molar-refractivity contribution is -0.0689. The molecule has 2 rings (SSSR count). The van der Waals surface area contributed by atoms with Crippen molar-refractivity contribution in [3.05, 3.63) is 20.8 Å². The zero-order chi connectivity index (χ0) is 11.9. The molecule has 1 amide bonds. The number of carbonyl (C=O) groups excluding carboxylic acids is 1. The maximum absolute atomic E-state index is 11.9. The van der Waals surface area contributed by atoms with Crippen LogP contribution in [0.1, 0.15) is 29.9 Å². The van der Waals surface area contributed by atoms with Crippen molar-refractivity contribution < 1.29 is 9.90 Å². The van der Waals surface area contributed by atoms with Crippen molar-refractivity contribution in [2.45, 2.75) is 32.4 Å². The highest BCUT2D eigenvalue weighted by Gasteiger charge is 2.48. The summed E-state index contributed by atoms with van der Waals surface area (Å²) in [4.78, 5) is 12.6. The SMILES string of the molecule is CC1(C)[C@H](O)C[C@H]1NC(=O)c1sccc1Br. The number of halogens is 1. The smallest absolute Gasteiger partial charge is 0.262 e. The molecule has 0 saturated heterocycles. The normalized spacial score (nSPS) is 27.2. The van der Waals surface area contributed by atoms with Crippen LogP contribution in [0.3, 0.4) is 0 Å². The Labute approximate surface area is 107 Å². The minimum atomic E-state index is -0.315. The summed E-state index contributed by atoms with van der Waals surface area (Å²) < 4.78 is 0.827. The molecule has 0 radical (unpaired) electrons. The number of hydrogen-bond acceptors (Lipinski definition) is 3. The molecule has 0 unspecified atom stereocenters. The van der Waals surface area contributed by atoms with E-state index in [-0.39, 0.29) is 23.5 Å². The molecule has 1 aromatic heterocycles. The second kappa shape index (κ2) is 4.13. The van der Waals surface area contributed by atoms with Crippen LogP contribution in [0.2, 0.25) is 0 Å². The van der Waals surface area contributed by atoms with Crippen molar-refractivity contribution in [1.82, 2.24) is 5.32 Å². The molecule has 2 atom stereocenters. The van der Waals surface area contributed by atoms with Crippen molar-refractivity contribution in [2.24, 2.45) is 5.41 Å². The third-order valence-corrected chi connectivity index (χ3v) is 5.18. The predicted molar refractivity (Wildman–Crippen MR) is 67.7 cm³/mol. The molecule has 2 N–H and O–H groups in total. The van der Waals surface area contributed by atoms with Crippen LogP contribution in [0, 0.1) is 5.41 Å². The van der Waals surface area contributed by atoms with Gasteiger partial charge in [-0.25, -0.2) is 0 Å². The van der Waals surface area contributed by atoms with Crippen molar-refractivity contribution >= 4 is 33.2 Å². The molecular weight excluding hydrogens is 290 g/mol. The van der Waals surface area contributed by atoms with Crippen LogP contribution < -0.4 is 5.32 Å². The summed E-state index contributed by atoms with van der Waals surface area (Å²) in [5, 5.41) is 14.4. The van der Waals surface area contributed by atoms with Crippen molar-refractivity contribution in [3.63, 3.8) is 0 Å². The van der Waals surface area contributed by atoms with E-state index in [2.05, 4.69) is 21.2 Å². The molecule has 1 aliphatic rings. The minimum absolute atomic E-state index is 0.0593. The Morgan fingerprint density at radius 1 is 1.69 bits per heavy atom. The van der Waals surface area contributed by atoms with Crippen LogP contribution in [0.5, 0.6) is 0 Å². The Bertz CT molecular complexity index is 416. The molecule has 0 aliphatic heterocycles. The molecule has 0 aromatic carbocycles. The van der Waals surface area contributed by atoms with Gasteiger partial charge in [-0.2, -0.15) is 0 Å². The standard InChI is InChI=1S/C11H14BrNO2S/c1-11(2)7(5-8(11)14)13-10(15)9-6(12)3-4-16-9/h3-4,7-8,14H,5H2,1-2H3,(H,13,15)/t7-,8-/m1/s1. The molecule has 3 nitrogen and oxygen atoms in total. The van der Waals surface area contributed by atoms with Gasteiger partial charge in [0.15, 0.2) is 0 Å². The number of hydrogen-bond donors (Lipinski definition) is 2. The Balaban J connectivity index is 2.02. The minimum Gasteiger partial charge on any atom is -0.392 e. The first-order valence-corrected chi connectivity index (χ1v) is 6.82. The summed E-state index contributed by atoms with van der Waals surface area (Å²) in [6.07, 6.45) is 0.325. The molecule has 1 heterocycles. The second-order valence-corrected chi connectivity index (χ2v) is 6.47. The number of aliphatic hydroxyl groups is 1. The average molecular weight is 304 g/mol. The van der Waals surface area contributed by atoms with E-state index < -0.39 is 0 Å². The van der Waals surface area contributed by atoms with E-state index in [0.29, 0.717) is 11.3 Å². The van der Waals surface area contributed by atoms with Crippen LogP contribution in [0.4, 0.5) is 0 Å². The van der Waals surface area contributed by atoms with Gasteiger partial charge in [0.1, 0.15) is 4.88 Å². The molecule has 16 heavy (non-hydrogen) atoms. The van der Waals surface area contributed by atoms with E-state index in [0.717, 1.165) is 4.47 Å². The summed E-state index contributed by atoms with van der Waals surface area (Å²) in [5.41, 5.74) is -0.223. The molecule has 5 heteroatoms. The summed E-state index contributed by atoms with van der Waals surface area (Å²) in [6.45, 7) is 3.94. The summed E-state index contributed by atoms with van der Waals surface area (Å²) in [6, 6.07) is 1.92. The van der Waals surface area contributed by atoms with E-state index in [4.69, 9.17) is 0 Å². The van der Waals surface area contributed by atoms with Gasteiger partial charge in [0.05, 0.1) is 6.10 Å². The van der Waals surface area contributed by atoms with Crippen LogP contribution in [0.15, 0.2) is 15.9 Å². The van der Waals surface area contributed by atoms with Gasteiger partial charge in [-0.1, -0.05) is 13.8 Å². The first-order chi connectivity index (χ1) is 7.43. The lowest BCUT2D eigenvalue weighted by atomic mass is 9.64. The molecule has 1 fully saturated rings. The van der Waals surface area contributed by atoms with Crippen LogP contribution in [0.25, 0.3) is 0 Å². The lowest BCUT2D eigenvalue weighted by Gasteiger charge is -2.49. The molecule has 1 saturated carbocycles. The Morgan fingerprint density at radius 2 is 2.38 bits per heavy atom. The zero-order valence-corrected chi connectivity index (χ0v) is 11.6. The van der Waals surface area contributed by atoms with Gasteiger partial charge in [0.25, 0.3) is 5.91 Å².